The Kier molecular flexibility index (Phi) is 5.92. The summed E-state index contributed by atoms with van der Waals surface area (Å²) in [5, 5.41) is 3.62. The normalized spacial score (nSPS) is 17.4. The van der Waals surface area contributed by atoms with Crippen molar-refractivity contribution in [1.29, 1.82) is 0 Å². The van der Waals surface area contributed by atoms with Crippen molar-refractivity contribution in [2.24, 2.45) is 0 Å². The Hall–Kier alpha value is -2.07. The van der Waals surface area contributed by atoms with Crippen LogP contribution in [0.3, 0.4) is 0 Å². The Morgan fingerprint density at radius 2 is 2.08 bits per heavy atom. The number of benzene rings is 1. The molecule has 1 aromatic heterocycles. The van der Waals surface area contributed by atoms with Crippen LogP contribution >= 0.6 is 11.6 Å². The molecule has 5 heteroatoms. The number of rotatable bonds is 5. The molecule has 0 aliphatic carbocycles. The maximum Gasteiger partial charge on any atom is 0.270 e. The van der Waals surface area contributed by atoms with Crippen LogP contribution in [0, 0.1) is 0 Å². The van der Waals surface area contributed by atoms with Gasteiger partial charge in [-0.1, -0.05) is 30.7 Å². The fourth-order valence-electron chi connectivity index (χ4n) is 3.36. The van der Waals surface area contributed by atoms with Gasteiger partial charge in [-0.05, 0) is 55.5 Å². The van der Waals surface area contributed by atoms with Gasteiger partial charge in [0.1, 0.15) is 5.69 Å². The molecule has 2 heterocycles. The lowest BCUT2D eigenvalue weighted by Crippen LogP contribution is -2.39. The van der Waals surface area contributed by atoms with Gasteiger partial charge in [0.15, 0.2) is 0 Å². The van der Waals surface area contributed by atoms with E-state index in [1.54, 1.807) is 6.20 Å². The Labute approximate surface area is 154 Å². The standard InChI is InChI=1S/C20H24ClN3O/c1-2-17-5-3-4-12-24(17)18-10-11-22-19(13-18)20(25)23-14-15-6-8-16(21)9-7-15/h6-11,13,17H,2-5,12,14H2,1H3,(H,23,25). The maximum absolute atomic E-state index is 12.5. The van der Waals surface area contributed by atoms with Gasteiger partial charge in [-0.15, -0.1) is 0 Å². The van der Waals surface area contributed by atoms with Gasteiger partial charge in [-0.3, -0.25) is 9.78 Å². The average Bonchev–Trinajstić information content (AvgIpc) is 2.67. The third kappa shape index (κ3) is 4.51. The van der Waals surface area contributed by atoms with Crippen LogP contribution in [0.15, 0.2) is 42.6 Å². The molecule has 1 unspecified atom stereocenters. The number of pyridine rings is 1. The molecule has 0 bridgehead atoms. The summed E-state index contributed by atoms with van der Waals surface area (Å²) in [6.07, 6.45) is 6.57. The van der Waals surface area contributed by atoms with Crippen LogP contribution in [0.2, 0.25) is 5.02 Å². The summed E-state index contributed by atoms with van der Waals surface area (Å²) in [7, 11) is 0. The van der Waals surface area contributed by atoms with E-state index in [-0.39, 0.29) is 5.91 Å². The van der Waals surface area contributed by atoms with Gasteiger partial charge in [0.05, 0.1) is 0 Å². The summed E-state index contributed by atoms with van der Waals surface area (Å²) < 4.78 is 0. The summed E-state index contributed by atoms with van der Waals surface area (Å²) >= 11 is 5.88. The summed E-state index contributed by atoms with van der Waals surface area (Å²) in [4.78, 5) is 19.1. The molecule has 3 rings (SSSR count). The number of amides is 1. The van der Waals surface area contributed by atoms with Crippen molar-refractivity contribution in [1.82, 2.24) is 10.3 Å². The molecule has 1 amide bonds. The Bertz CT molecular complexity index is 717. The molecule has 25 heavy (non-hydrogen) atoms. The van der Waals surface area contributed by atoms with Gasteiger partial charge < -0.3 is 10.2 Å². The van der Waals surface area contributed by atoms with Crippen LogP contribution in [0.5, 0.6) is 0 Å². The molecule has 1 aliphatic heterocycles. The second-order valence-electron chi connectivity index (χ2n) is 6.46. The van der Waals surface area contributed by atoms with Gasteiger partial charge >= 0.3 is 0 Å². The smallest absolute Gasteiger partial charge is 0.270 e. The first-order valence-electron chi connectivity index (χ1n) is 8.92. The highest BCUT2D eigenvalue weighted by Gasteiger charge is 2.22. The van der Waals surface area contributed by atoms with E-state index >= 15 is 0 Å². The number of halogens is 1. The summed E-state index contributed by atoms with van der Waals surface area (Å²) in [6.45, 7) is 3.74. The molecule has 1 aliphatic rings. The van der Waals surface area contributed by atoms with Crippen molar-refractivity contribution < 1.29 is 4.79 Å². The van der Waals surface area contributed by atoms with E-state index in [1.165, 1.54) is 19.3 Å². The molecule has 1 N–H and O–H groups in total. The van der Waals surface area contributed by atoms with Crippen molar-refractivity contribution in [3.8, 4) is 0 Å². The molecular formula is C20H24ClN3O. The molecule has 0 saturated carbocycles. The van der Waals surface area contributed by atoms with E-state index in [9.17, 15) is 4.79 Å². The molecule has 1 atom stereocenters. The number of carbonyl (C=O) groups is 1. The number of nitrogens with zero attached hydrogens (tertiary/aromatic N) is 2. The lowest BCUT2D eigenvalue weighted by Gasteiger charge is -2.37. The summed E-state index contributed by atoms with van der Waals surface area (Å²) in [6, 6.07) is 11.9. The minimum Gasteiger partial charge on any atom is -0.368 e. The number of anilines is 1. The van der Waals surface area contributed by atoms with Crippen molar-refractivity contribution in [3.63, 3.8) is 0 Å². The number of hydrogen-bond donors (Lipinski definition) is 1. The lowest BCUT2D eigenvalue weighted by molar-refractivity contribution is 0.0946. The quantitative estimate of drug-likeness (QED) is 0.860. The highest BCUT2D eigenvalue weighted by Crippen LogP contribution is 2.26. The zero-order valence-electron chi connectivity index (χ0n) is 14.5. The highest BCUT2D eigenvalue weighted by molar-refractivity contribution is 6.30. The Balaban J connectivity index is 1.67. The predicted octanol–water partition coefficient (Wildman–Crippen LogP) is 4.43. The second-order valence-corrected chi connectivity index (χ2v) is 6.90. The van der Waals surface area contributed by atoms with Crippen LogP contribution in [0.1, 0.15) is 48.7 Å². The van der Waals surface area contributed by atoms with Gasteiger partial charge in [-0.25, -0.2) is 0 Å². The van der Waals surface area contributed by atoms with Crippen molar-refractivity contribution >= 4 is 23.2 Å². The van der Waals surface area contributed by atoms with Gasteiger partial charge in [-0.2, -0.15) is 0 Å². The van der Waals surface area contributed by atoms with Crippen LogP contribution in [-0.2, 0) is 6.54 Å². The van der Waals surface area contributed by atoms with E-state index < -0.39 is 0 Å². The number of aromatic nitrogens is 1. The minimum absolute atomic E-state index is 0.151. The molecule has 132 valence electrons. The van der Waals surface area contributed by atoms with Crippen LogP contribution in [0.4, 0.5) is 5.69 Å². The topological polar surface area (TPSA) is 45.2 Å². The first kappa shape index (κ1) is 17.7. The van der Waals surface area contributed by atoms with E-state index in [2.05, 4.69) is 22.1 Å². The van der Waals surface area contributed by atoms with Crippen molar-refractivity contribution in [2.45, 2.75) is 45.2 Å². The largest absolute Gasteiger partial charge is 0.368 e. The lowest BCUT2D eigenvalue weighted by atomic mass is 9.99. The summed E-state index contributed by atoms with van der Waals surface area (Å²) in [5.74, 6) is -0.151. The SMILES string of the molecule is CCC1CCCCN1c1ccnc(C(=O)NCc2ccc(Cl)cc2)c1. The molecule has 0 radical (unpaired) electrons. The van der Waals surface area contributed by atoms with Gasteiger partial charge in [0.2, 0.25) is 0 Å². The van der Waals surface area contributed by atoms with E-state index in [0.717, 1.165) is 24.2 Å². The third-order valence-electron chi connectivity index (χ3n) is 4.77. The fourth-order valence-corrected chi connectivity index (χ4v) is 3.49. The molecule has 2 aromatic rings. The van der Waals surface area contributed by atoms with Gasteiger partial charge in [0.25, 0.3) is 5.91 Å². The van der Waals surface area contributed by atoms with E-state index in [1.807, 2.05) is 36.4 Å². The van der Waals surface area contributed by atoms with E-state index in [4.69, 9.17) is 11.6 Å². The fraction of sp³-hybridized carbons (Fsp3) is 0.400. The Morgan fingerprint density at radius 3 is 2.84 bits per heavy atom. The van der Waals surface area contributed by atoms with Crippen LogP contribution < -0.4 is 10.2 Å². The van der Waals surface area contributed by atoms with E-state index in [0.29, 0.717) is 23.3 Å². The highest BCUT2D eigenvalue weighted by atomic mass is 35.5. The zero-order valence-corrected chi connectivity index (χ0v) is 15.3. The van der Waals surface area contributed by atoms with Gasteiger partial charge in [0, 0.05) is 36.0 Å². The van der Waals surface area contributed by atoms with Crippen molar-refractivity contribution in [3.05, 3.63) is 58.9 Å². The Morgan fingerprint density at radius 1 is 1.28 bits per heavy atom. The first-order valence-corrected chi connectivity index (χ1v) is 9.30. The third-order valence-corrected chi connectivity index (χ3v) is 5.02. The molecule has 0 spiro atoms. The van der Waals surface area contributed by atoms with Crippen molar-refractivity contribution in [2.75, 3.05) is 11.4 Å². The number of piperidine rings is 1. The summed E-state index contributed by atoms with van der Waals surface area (Å²) in [5.41, 5.74) is 2.57. The molecule has 1 fully saturated rings. The molecule has 1 saturated heterocycles. The average molecular weight is 358 g/mol. The zero-order chi connectivity index (χ0) is 17.6. The molecule has 4 nitrogen and oxygen atoms in total. The van der Waals surface area contributed by atoms with Crippen LogP contribution in [-0.4, -0.2) is 23.5 Å². The number of carbonyl (C=O) groups excluding carboxylic acids is 1. The second kappa shape index (κ2) is 8.34. The first-order chi connectivity index (χ1) is 12.2. The molecule has 1 aromatic carbocycles. The monoisotopic (exact) mass is 357 g/mol. The molecular weight excluding hydrogens is 334 g/mol. The van der Waals surface area contributed by atoms with Crippen LogP contribution in [0.25, 0.3) is 0 Å². The minimum atomic E-state index is -0.151. The number of nitrogens with one attached hydrogen (secondary N) is 1. The predicted molar refractivity (Wildman–Crippen MR) is 102 cm³/mol. The number of hydrogen-bond acceptors (Lipinski definition) is 3. The maximum atomic E-state index is 12.5.